The number of allylic oxidation sites excluding steroid dienone is 1. The van der Waals surface area contributed by atoms with Crippen LogP contribution in [0.3, 0.4) is 0 Å². The molecule has 3 heteroatoms. The summed E-state index contributed by atoms with van der Waals surface area (Å²) in [4.78, 5) is 5.26. The van der Waals surface area contributed by atoms with Gasteiger partial charge in [0.05, 0.1) is 23.0 Å². The van der Waals surface area contributed by atoms with Crippen LogP contribution in [0, 0.1) is 0 Å². The summed E-state index contributed by atoms with van der Waals surface area (Å²) in [7, 11) is 0. The monoisotopic (exact) mass is 423 g/mol. The molecule has 0 aliphatic carbocycles. The highest BCUT2D eigenvalue weighted by Crippen LogP contribution is 2.45. The van der Waals surface area contributed by atoms with E-state index < -0.39 is 5.41 Å². The van der Waals surface area contributed by atoms with E-state index in [0.717, 1.165) is 44.6 Å². The van der Waals surface area contributed by atoms with Crippen LogP contribution in [0.25, 0.3) is 16.5 Å². The Balaban J connectivity index is 1.71. The summed E-state index contributed by atoms with van der Waals surface area (Å²) in [5.74, 6) is 0. The fraction of sp³-hybridized carbons (Fsp3) is 0.0333. The maximum absolute atomic E-state index is 5.26. The molecule has 1 aliphatic rings. The van der Waals surface area contributed by atoms with Crippen LogP contribution in [-0.2, 0) is 5.41 Å². The molecule has 156 valence electrons. The molecule has 0 bridgehead atoms. The van der Waals surface area contributed by atoms with E-state index in [9.17, 15) is 0 Å². The summed E-state index contributed by atoms with van der Waals surface area (Å²) in [5, 5.41) is 11.1. The summed E-state index contributed by atoms with van der Waals surface area (Å²) in [5.41, 5.74) is 5.43. The zero-order chi connectivity index (χ0) is 22.1. The van der Waals surface area contributed by atoms with Crippen LogP contribution in [-0.4, -0.2) is 15.9 Å². The molecule has 6 rings (SSSR count). The van der Waals surface area contributed by atoms with Crippen LogP contribution in [0.1, 0.15) is 22.4 Å². The van der Waals surface area contributed by atoms with E-state index in [2.05, 4.69) is 89.1 Å². The highest BCUT2D eigenvalue weighted by atomic mass is 15.1. The van der Waals surface area contributed by atoms with Crippen molar-refractivity contribution in [3.63, 3.8) is 0 Å². The topological polar surface area (TPSA) is 38.1 Å². The SMILES string of the molecule is C1=C(c2ccccc2)N=C(c2nncc3ccccc23)C1(c1ccccc1)c1ccccc1. The lowest BCUT2D eigenvalue weighted by Crippen LogP contribution is -2.34. The van der Waals surface area contributed by atoms with Crippen molar-refractivity contribution in [3.05, 3.63) is 150 Å². The minimum absolute atomic E-state index is 0.591. The molecule has 1 aliphatic heterocycles. The molecule has 0 saturated heterocycles. The molecule has 0 atom stereocenters. The number of nitrogens with zero attached hydrogens (tertiary/aromatic N) is 3. The van der Waals surface area contributed by atoms with Crippen LogP contribution >= 0.6 is 0 Å². The van der Waals surface area contributed by atoms with Gasteiger partial charge in [-0.2, -0.15) is 5.10 Å². The first-order valence-electron chi connectivity index (χ1n) is 11.1. The Labute approximate surface area is 192 Å². The number of hydrogen-bond donors (Lipinski definition) is 0. The molecule has 0 unspecified atom stereocenters. The second kappa shape index (κ2) is 7.95. The van der Waals surface area contributed by atoms with Crippen LogP contribution in [0.2, 0.25) is 0 Å². The first-order valence-corrected chi connectivity index (χ1v) is 11.1. The number of aromatic nitrogens is 2. The van der Waals surface area contributed by atoms with Gasteiger partial charge in [0.25, 0.3) is 0 Å². The maximum Gasteiger partial charge on any atom is 0.117 e. The fourth-order valence-electron chi connectivity index (χ4n) is 4.72. The average Bonchev–Trinajstić information content (AvgIpc) is 3.32. The van der Waals surface area contributed by atoms with Crippen molar-refractivity contribution >= 4 is 22.2 Å². The Morgan fingerprint density at radius 2 is 1.15 bits per heavy atom. The summed E-state index contributed by atoms with van der Waals surface area (Å²) < 4.78 is 0. The smallest absolute Gasteiger partial charge is 0.117 e. The molecule has 2 heterocycles. The lowest BCUT2D eigenvalue weighted by molar-refractivity contribution is 0.874. The van der Waals surface area contributed by atoms with E-state index in [1.54, 1.807) is 0 Å². The number of aliphatic imine (C=N–C) groups is 1. The van der Waals surface area contributed by atoms with E-state index >= 15 is 0 Å². The van der Waals surface area contributed by atoms with E-state index in [1.807, 2.05) is 48.7 Å². The quantitative estimate of drug-likeness (QED) is 0.333. The third-order valence-electron chi connectivity index (χ3n) is 6.28. The summed E-state index contributed by atoms with van der Waals surface area (Å²) in [6, 6.07) is 39.7. The lowest BCUT2D eigenvalue weighted by atomic mass is 9.70. The minimum atomic E-state index is -0.591. The maximum atomic E-state index is 5.26. The van der Waals surface area contributed by atoms with Crippen LogP contribution in [0.15, 0.2) is 133 Å². The molecule has 4 aromatic carbocycles. The third-order valence-corrected chi connectivity index (χ3v) is 6.28. The predicted octanol–water partition coefficient (Wildman–Crippen LogP) is 6.46. The van der Waals surface area contributed by atoms with Crippen molar-refractivity contribution in [2.24, 2.45) is 4.99 Å². The molecule has 0 amide bonds. The molecule has 0 radical (unpaired) electrons. The number of hydrogen-bond acceptors (Lipinski definition) is 3. The summed E-state index contributed by atoms with van der Waals surface area (Å²) >= 11 is 0. The normalized spacial score (nSPS) is 14.7. The first-order chi connectivity index (χ1) is 16.4. The average molecular weight is 424 g/mol. The number of fused-ring (bicyclic) bond motifs is 1. The van der Waals surface area contributed by atoms with E-state index in [0.29, 0.717) is 0 Å². The van der Waals surface area contributed by atoms with Crippen molar-refractivity contribution in [2.45, 2.75) is 5.41 Å². The molecule has 0 saturated carbocycles. The van der Waals surface area contributed by atoms with E-state index in [1.165, 1.54) is 0 Å². The molecule has 3 nitrogen and oxygen atoms in total. The molecule has 33 heavy (non-hydrogen) atoms. The molecule has 0 N–H and O–H groups in total. The minimum Gasteiger partial charge on any atom is -0.249 e. The highest BCUT2D eigenvalue weighted by molar-refractivity contribution is 6.20. The van der Waals surface area contributed by atoms with Gasteiger partial charge in [-0.3, -0.25) is 0 Å². The third kappa shape index (κ3) is 3.17. The van der Waals surface area contributed by atoms with Crippen LogP contribution in [0.5, 0.6) is 0 Å². The Hall–Kier alpha value is -4.37. The molecular weight excluding hydrogens is 402 g/mol. The second-order valence-electron chi connectivity index (χ2n) is 8.18. The van der Waals surface area contributed by atoms with Gasteiger partial charge in [-0.05, 0) is 22.8 Å². The Morgan fingerprint density at radius 1 is 0.576 bits per heavy atom. The Kier molecular flexibility index (Phi) is 4.66. The largest absolute Gasteiger partial charge is 0.249 e. The summed E-state index contributed by atoms with van der Waals surface area (Å²) in [6.45, 7) is 0. The van der Waals surface area contributed by atoms with Crippen molar-refractivity contribution in [1.82, 2.24) is 10.2 Å². The Morgan fingerprint density at radius 3 is 1.82 bits per heavy atom. The Bertz CT molecular complexity index is 1440. The predicted molar refractivity (Wildman–Crippen MR) is 134 cm³/mol. The molecule has 1 aromatic heterocycles. The summed E-state index contributed by atoms with van der Waals surface area (Å²) in [6.07, 6.45) is 4.10. The van der Waals surface area contributed by atoms with E-state index in [-0.39, 0.29) is 0 Å². The second-order valence-corrected chi connectivity index (χ2v) is 8.18. The van der Waals surface area contributed by atoms with Gasteiger partial charge in [0.2, 0.25) is 0 Å². The van der Waals surface area contributed by atoms with Gasteiger partial charge in [-0.25, -0.2) is 4.99 Å². The molecule has 5 aromatic rings. The van der Waals surface area contributed by atoms with Gasteiger partial charge >= 0.3 is 0 Å². The first kappa shape index (κ1) is 19.3. The molecular formula is C30H21N3. The van der Waals surface area contributed by atoms with Crippen LogP contribution < -0.4 is 0 Å². The van der Waals surface area contributed by atoms with Gasteiger partial charge in [0.15, 0.2) is 0 Å². The number of benzene rings is 4. The van der Waals surface area contributed by atoms with Gasteiger partial charge in [0, 0.05) is 10.8 Å². The standard InChI is InChI=1S/C30H21N3/c1-4-12-22(13-5-1)27-20-30(24-15-6-2-7-16-24,25-17-8-3-9-18-25)29(32-27)28-26-19-11-10-14-23(26)21-31-33-28/h1-21H. The molecule has 0 spiro atoms. The zero-order valence-corrected chi connectivity index (χ0v) is 18.0. The lowest BCUT2D eigenvalue weighted by Gasteiger charge is -2.30. The van der Waals surface area contributed by atoms with Crippen LogP contribution in [0.4, 0.5) is 0 Å². The van der Waals surface area contributed by atoms with Gasteiger partial charge in [-0.15, -0.1) is 5.10 Å². The van der Waals surface area contributed by atoms with Crippen molar-refractivity contribution in [3.8, 4) is 0 Å². The van der Waals surface area contributed by atoms with E-state index in [4.69, 9.17) is 4.99 Å². The van der Waals surface area contributed by atoms with Gasteiger partial charge in [0.1, 0.15) is 5.69 Å². The fourth-order valence-corrected chi connectivity index (χ4v) is 4.72. The van der Waals surface area contributed by atoms with Crippen molar-refractivity contribution in [2.75, 3.05) is 0 Å². The van der Waals surface area contributed by atoms with Crippen molar-refractivity contribution < 1.29 is 0 Å². The molecule has 0 fully saturated rings. The van der Waals surface area contributed by atoms with Gasteiger partial charge in [-0.1, -0.05) is 115 Å². The van der Waals surface area contributed by atoms with Gasteiger partial charge < -0.3 is 0 Å². The number of rotatable bonds is 4. The zero-order valence-electron chi connectivity index (χ0n) is 18.0. The highest BCUT2D eigenvalue weighted by Gasteiger charge is 2.44. The van der Waals surface area contributed by atoms with Crippen molar-refractivity contribution in [1.29, 1.82) is 0 Å².